The summed E-state index contributed by atoms with van der Waals surface area (Å²) in [6.07, 6.45) is 7.13. The second kappa shape index (κ2) is 7.87. The minimum atomic E-state index is -0.307. The zero-order chi connectivity index (χ0) is 13.4. The lowest BCUT2D eigenvalue weighted by Crippen LogP contribution is -2.29. The summed E-state index contributed by atoms with van der Waals surface area (Å²) in [7, 11) is 0. The molecule has 102 valence electrons. The van der Waals surface area contributed by atoms with Crippen LogP contribution in [0.5, 0.6) is 0 Å². The van der Waals surface area contributed by atoms with E-state index in [1.807, 2.05) is 17.7 Å². The van der Waals surface area contributed by atoms with Crippen molar-refractivity contribution in [2.45, 2.75) is 45.8 Å². The Morgan fingerprint density at radius 2 is 2.28 bits per heavy atom. The lowest BCUT2D eigenvalue weighted by molar-refractivity contribution is -0.121. The van der Waals surface area contributed by atoms with Gasteiger partial charge in [0.15, 0.2) is 0 Å². The molecule has 1 aromatic rings. The number of aromatic nitrogens is 2. The van der Waals surface area contributed by atoms with E-state index in [1.165, 1.54) is 0 Å². The van der Waals surface area contributed by atoms with E-state index in [4.69, 9.17) is 0 Å². The van der Waals surface area contributed by atoms with Gasteiger partial charge in [0, 0.05) is 31.9 Å². The number of amides is 1. The van der Waals surface area contributed by atoms with Crippen LogP contribution in [-0.2, 0) is 11.3 Å². The zero-order valence-corrected chi connectivity index (χ0v) is 11.2. The van der Waals surface area contributed by atoms with Gasteiger partial charge in [-0.15, -0.1) is 0 Å². The van der Waals surface area contributed by atoms with Gasteiger partial charge in [0.05, 0.1) is 12.4 Å². The Balaban J connectivity index is 2.07. The Kier molecular flexibility index (Phi) is 6.43. The maximum absolute atomic E-state index is 11.6. The molecule has 1 amide bonds. The summed E-state index contributed by atoms with van der Waals surface area (Å²) in [6.45, 7) is 5.24. The van der Waals surface area contributed by atoms with E-state index in [1.54, 1.807) is 19.4 Å². The van der Waals surface area contributed by atoms with Crippen molar-refractivity contribution in [3.63, 3.8) is 0 Å². The monoisotopic (exact) mass is 253 g/mol. The first kappa shape index (κ1) is 14.7. The number of aryl methyl sites for hydroxylation is 1. The minimum Gasteiger partial charge on any atom is -0.393 e. The van der Waals surface area contributed by atoms with Crippen LogP contribution >= 0.6 is 0 Å². The van der Waals surface area contributed by atoms with Crippen LogP contribution in [0.4, 0.5) is 0 Å². The number of nitrogens with zero attached hydrogens (tertiary/aromatic N) is 2. The van der Waals surface area contributed by atoms with Crippen molar-refractivity contribution in [2.24, 2.45) is 5.92 Å². The van der Waals surface area contributed by atoms with E-state index >= 15 is 0 Å². The van der Waals surface area contributed by atoms with E-state index in [0.717, 1.165) is 19.4 Å². The number of carbonyl (C=O) groups is 1. The first-order valence-corrected chi connectivity index (χ1v) is 6.48. The molecule has 0 aliphatic carbocycles. The fourth-order valence-electron chi connectivity index (χ4n) is 1.88. The van der Waals surface area contributed by atoms with Gasteiger partial charge < -0.3 is 15.0 Å². The Bertz CT molecular complexity index is 336. The average molecular weight is 253 g/mol. The molecule has 0 aliphatic rings. The first-order chi connectivity index (χ1) is 8.58. The summed E-state index contributed by atoms with van der Waals surface area (Å²) < 4.78 is 1.96. The minimum absolute atomic E-state index is 0.0764. The van der Waals surface area contributed by atoms with Gasteiger partial charge in [-0.05, 0) is 25.7 Å². The maximum atomic E-state index is 11.6. The Labute approximate surface area is 108 Å². The highest BCUT2D eigenvalue weighted by Gasteiger charge is 2.08. The maximum Gasteiger partial charge on any atom is 0.220 e. The quantitative estimate of drug-likeness (QED) is 0.731. The van der Waals surface area contributed by atoms with E-state index in [-0.39, 0.29) is 12.0 Å². The Morgan fingerprint density at radius 3 is 2.89 bits per heavy atom. The Morgan fingerprint density at radius 1 is 1.50 bits per heavy atom. The summed E-state index contributed by atoms with van der Waals surface area (Å²) >= 11 is 0. The summed E-state index contributed by atoms with van der Waals surface area (Å²) in [5.74, 6) is 0.384. The topological polar surface area (TPSA) is 67.2 Å². The fraction of sp³-hybridized carbons (Fsp3) is 0.692. The van der Waals surface area contributed by atoms with Crippen LogP contribution in [-0.4, -0.2) is 33.2 Å². The number of hydrogen-bond donors (Lipinski definition) is 2. The third-order valence-electron chi connectivity index (χ3n) is 2.77. The van der Waals surface area contributed by atoms with Crippen LogP contribution in [0.1, 0.15) is 33.1 Å². The number of carbonyl (C=O) groups excluding carboxylic acids is 1. The van der Waals surface area contributed by atoms with E-state index in [0.29, 0.717) is 18.9 Å². The molecule has 5 nitrogen and oxygen atoms in total. The molecule has 2 atom stereocenters. The summed E-state index contributed by atoms with van der Waals surface area (Å²) in [5, 5.41) is 12.1. The molecule has 1 aromatic heterocycles. The first-order valence-electron chi connectivity index (χ1n) is 6.48. The van der Waals surface area contributed by atoms with Crippen molar-refractivity contribution in [3.8, 4) is 0 Å². The predicted octanol–water partition coefficient (Wildman–Crippen LogP) is 1.19. The molecule has 2 unspecified atom stereocenters. The van der Waals surface area contributed by atoms with Gasteiger partial charge in [-0.3, -0.25) is 4.79 Å². The van der Waals surface area contributed by atoms with Crippen molar-refractivity contribution < 1.29 is 9.90 Å². The number of aliphatic hydroxyl groups is 1. The van der Waals surface area contributed by atoms with Gasteiger partial charge in [0.2, 0.25) is 5.91 Å². The number of imidazole rings is 1. The molecule has 0 saturated carbocycles. The second-order valence-electron chi connectivity index (χ2n) is 4.90. The standard InChI is InChI=1S/C13H23N3O2/c1-11(8-12(2)17)9-15-13(18)4-3-6-16-7-5-14-10-16/h5,7,10-12,17H,3-4,6,8-9H2,1-2H3,(H,15,18). The van der Waals surface area contributed by atoms with Gasteiger partial charge in [-0.1, -0.05) is 6.92 Å². The van der Waals surface area contributed by atoms with Crippen LogP contribution in [0.25, 0.3) is 0 Å². The molecule has 0 bridgehead atoms. The summed E-state index contributed by atoms with van der Waals surface area (Å²) in [6, 6.07) is 0. The van der Waals surface area contributed by atoms with Crippen LogP contribution < -0.4 is 5.32 Å². The van der Waals surface area contributed by atoms with Gasteiger partial charge in [-0.25, -0.2) is 4.98 Å². The molecule has 1 heterocycles. The van der Waals surface area contributed by atoms with Gasteiger partial charge >= 0.3 is 0 Å². The zero-order valence-electron chi connectivity index (χ0n) is 11.2. The van der Waals surface area contributed by atoms with Crippen LogP contribution in [0.3, 0.4) is 0 Å². The Hall–Kier alpha value is -1.36. The van der Waals surface area contributed by atoms with E-state index < -0.39 is 0 Å². The largest absolute Gasteiger partial charge is 0.393 e. The van der Waals surface area contributed by atoms with Crippen molar-refractivity contribution in [2.75, 3.05) is 6.54 Å². The van der Waals surface area contributed by atoms with Gasteiger partial charge in [0.1, 0.15) is 0 Å². The number of nitrogens with one attached hydrogen (secondary N) is 1. The fourth-order valence-corrected chi connectivity index (χ4v) is 1.88. The average Bonchev–Trinajstić information content (AvgIpc) is 2.78. The summed E-state index contributed by atoms with van der Waals surface area (Å²) in [4.78, 5) is 15.5. The second-order valence-corrected chi connectivity index (χ2v) is 4.90. The van der Waals surface area contributed by atoms with E-state index in [2.05, 4.69) is 10.3 Å². The molecular weight excluding hydrogens is 230 g/mol. The van der Waals surface area contributed by atoms with Crippen molar-refractivity contribution in [1.29, 1.82) is 0 Å². The molecule has 0 aliphatic heterocycles. The number of rotatable bonds is 8. The molecule has 0 aromatic carbocycles. The third-order valence-corrected chi connectivity index (χ3v) is 2.77. The molecule has 1 rings (SSSR count). The van der Waals surface area contributed by atoms with Crippen LogP contribution in [0.2, 0.25) is 0 Å². The van der Waals surface area contributed by atoms with Crippen molar-refractivity contribution in [3.05, 3.63) is 18.7 Å². The van der Waals surface area contributed by atoms with Gasteiger partial charge in [-0.2, -0.15) is 0 Å². The molecule has 0 radical (unpaired) electrons. The van der Waals surface area contributed by atoms with E-state index in [9.17, 15) is 9.90 Å². The highest BCUT2D eigenvalue weighted by atomic mass is 16.3. The lowest BCUT2D eigenvalue weighted by atomic mass is 10.0. The van der Waals surface area contributed by atoms with Crippen LogP contribution in [0.15, 0.2) is 18.7 Å². The predicted molar refractivity (Wildman–Crippen MR) is 69.9 cm³/mol. The molecule has 0 spiro atoms. The molecule has 0 saturated heterocycles. The molecule has 5 heteroatoms. The summed E-state index contributed by atoms with van der Waals surface area (Å²) in [5.41, 5.74) is 0. The van der Waals surface area contributed by atoms with Crippen molar-refractivity contribution >= 4 is 5.91 Å². The number of hydrogen-bond acceptors (Lipinski definition) is 3. The highest BCUT2D eigenvalue weighted by molar-refractivity contribution is 5.75. The smallest absolute Gasteiger partial charge is 0.220 e. The van der Waals surface area contributed by atoms with Gasteiger partial charge in [0.25, 0.3) is 0 Å². The lowest BCUT2D eigenvalue weighted by Gasteiger charge is -2.14. The molecule has 2 N–H and O–H groups in total. The van der Waals surface area contributed by atoms with Crippen molar-refractivity contribution in [1.82, 2.24) is 14.9 Å². The molecule has 18 heavy (non-hydrogen) atoms. The number of aliphatic hydroxyl groups excluding tert-OH is 1. The highest BCUT2D eigenvalue weighted by Crippen LogP contribution is 2.04. The SMILES string of the molecule is CC(O)CC(C)CNC(=O)CCCn1ccnc1. The normalized spacial score (nSPS) is 14.2. The van der Waals surface area contributed by atoms with Crippen LogP contribution in [0, 0.1) is 5.92 Å². The molecular formula is C13H23N3O2. The molecule has 0 fully saturated rings. The third kappa shape index (κ3) is 6.39.